The molecular formula is C13H19N3O6. The summed E-state index contributed by atoms with van der Waals surface area (Å²) in [5, 5.41) is 9.04. The molecule has 2 saturated heterocycles. The summed E-state index contributed by atoms with van der Waals surface area (Å²) in [4.78, 5) is 36.9. The lowest BCUT2D eigenvalue weighted by atomic mass is 10.3. The van der Waals surface area contributed by atoms with E-state index in [-0.39, 0.29) is 38.4 Å². The lowest BCUT2D eigenvalue weighted by Crippen LogP contribution is -2.55. The zero-order valence-corrected chi connectivity index (χ0v) is 12.1. The summed E-state index contributed by atoms with van der Waals surface area (Å²) in [6.07, 6.45) is 1.27. The van der Waals surface area contributed by atoms with Crippen LogP contribution in [0.15, 0.2) is 14.4 Å². The molecule has 0 amide bonds. The van der Waals surface area contributed by atoms with E-state index < -0.39 is 17.1 Å². The number of aliphatic hydroxyl groups excluding tert-OH is 1. The van der Waals surface area contributed by atoms with Crippen LogP contribution in [-0.2, 0) is 29.1 Å². The Morgan fingerprint density at radius 1 is 0.818 bits per heavy atom. The van der Waals surface area contributed by atoms with Crippen molar-refractivity contribution < 1.29 is 14.6 Å². The van der Waals surface area contributed by atoms with E-state index in [4.69, 9.17) is 14.6 Å². The Morgan fingerprint density at radius 2 is 1.18 bits per heavy atom. The highest BCUT2D eigenvalue weighted by atomic mass is 16.6. The maximum atomic E-state index is 12.4. The van der Waals surface area contributed by atoms with Crippen molar-refractivity contribution in [1.29, 1.82) is 0 Å². The maximum Gasteiger partial charge on any atom is 0.336 e. The third kappa shape index (κ3) is 3.21. The van der Waals surface area contributed by atoms with Crippen LogP contribution in [0.2, 0.25) is 0 Å². The van der Waals surface area contributed by atoms with E-state index in [1.54, 1.807) is 0 Å². The summed E-state index contributed by atoms with van der Waals surface area (Å²) >= 11 is 0. The fourth-order valence-corrected chi connectivity index (χ4v) is 2.37. The molecule has 0 radical (unpaired) electrons. The molecule has 0 saturated carbocycles. The molecule has 1 aromatic rings. The molecule has 3 heterocycles. The predicted octanol–water partition coefficient (Wildman–Crippen LogP) is -2.26. The number of aliphatic hydroxyl groups is 1. The monoisotopic (exact) mass is 313 g/mol. The largest absolute Gasteiger partial charge is 0.395 e. The first-order chi connectivity index (χ1) is 10.6. The van der Waals surface area contributed by atoms with Gasteiger partial charge in [0, 0.05) is 13.1 Å². The Kier molecular flexibility index (Phi) is 4.27. The van der Waals surface area contributed by atoms with Crippen molar-refractivity contribution >= 4 is 0 Å². The summed E-state index contributed by atoms with van der Waals surface area (Å²) in [7, 11) is 0. The number of nitrogens with zero attached hydrogens (tertiary/aromatic N) is 3. The highest BCUT2D eigenvalue weighted by Crippen LogP contribution is 2.14. The fraction of sp³-hybridized carbons (Fsp3) is 0.769. The second kappa shape index (κ2) is 6.19. The van der Waals surface area contributed by atoms with Crippen molar-refractivity contribution in [1.82, 2.24) is 13.7 Å². The van der Waals surface area contributed by atoms with Crippen molar-refractivity contribution in [2.24, 2.45) is 0 Å². The highest BCUT2D eigenvalue weighted by Gasteiger charge is 2.25. The van der Waals surface area contributed by atoms with E-state index in [1.165, 1.54) is 0 Å². The highest BCUT2D eigenvalue weighted by molar-refractivity contribution is 4.82. The Balaban J connectivity index is 1.95. The number of hydrogen-bond acceptors (Lipinski definition) is 6. The van der Waals surface area contributed by atoms with Gasteiger partial charge in [0.2, 0.25) is 0 Å². The van der Waals surface area contributed by atoms with Crippen molar-refractivity contribution in [2.75, 3.05) is 19.8 Å². The summed E-state index contributed by atoms with van der Waals surface area (Å²) < 4.78 is 13.2. The second-order valence-electron chi connectivity index (χ2n) is 5.51. The van der Waals surface area contributed by atoms with Gasteiger partial charge in [0.15, 0.2) is 0 Å². The van der Waals surface area contributed by atoms with Crippen molar-refractivity contribution in [2.45, 2.75) is 44.7 Å². The Hall–Kier alpha value is -1.71. The Labute approximate surface area is 125 Å². The molecule has 1 aromatic heterocycles. The molecule has 22 heavy (non-hydrogen) atoms. The van der Waals surface area contributed by atoms with E-state index in [1.807, 2.05) is 0 Å². The Morgan fingerprint density at radius 3 is 1.50 bits per heavy atom. The van der Waals surface area contributed by atoms with Crippen molar-refractivity contribution in [3.05, 3.63) is 31.5 Å². The molecule has 0 bridgehead atoms. The summed E-state index contributed by atoms with van der Waals surface area (Å²) in [5.41, 5.74) is -1.96. The van der Waals surface area contributed by atoms with Crippen LogP contribution in [0, 0.1) is 0 Å². The normalized spacial score (nSPS) is 22.8. The first-order valence-corrected chi connectivity index (χ1v) is 7.40. The predicted molar refractivity (Wildman–Crippen MR) is 75.0 cm³/mol. The zero-order valence-electron chi connectivity index (χ0n) is 12.1. The summed E-state index contributed by atoms with van der Waals surface area (Å²) in [6.45, 7) is 1.21. The maximum absolute atomic E-state index is 12.4. The van der Waals surface area contributed by atoms with Gasteiger partial charge in [-0.15, -0.1) is 0 Å². The minimum absolute atomic E-state index is 0.0813. The molecule has 2 unspecified atom stereocenters. The van der Waals surface area contributed by atoms with Crippen LogP contribution >= 0.6 is 0 Å². The van der Waals surface area contributed by atoms with Gasteiger partial charge in [-0.25, -0.2) is 28.1 Å². The lowest BCUT2D eigenvalue weighted by molar-refractivity contribution is 0.263. The minimum Gasteiger partial charge on any atom is -0.395 e. The van der Waals surface area contributed by atoms with E-state index in [0.29, 0.717) is 26.1 Å². The van der Waals surface area contributed by atoms with Crippen molar-refractivity contribution in [3.63, 3.8) is 0 Å². The molecule has 3 rings (SSSR count). The molecule has 122 valence electrons. The molecule has 2 aliphatic rings. The average molecular weight is 313 g/mol. The number of rotatable bonds is 8. The SMILES string of the molecule is O=c1n(CCO)c(=O)n(CCC2CO2)c(=O)n1CCC1CO1. The molecule has 0 aliphatic carbocycles. The topological polar surface area (TPSA) is 111 Å². The van der Waals surface area contributed by atoms with Gasteiger partial charge in [0.05, 0.1) is 38.6 Å². The second-order valence-corrected chi connectivity index (χ2v) is 5.51. The number of epoxide rings is 2. The van der Waals surface area contributed by atoms with Crippen LogP contribution in [0.25, 0.3) is 0 Å². The third-order valence-corrected chi connectivity index (χ3v) is 3.86. The van der Waals surface area contributed by atoms with Gasteiger partial charge in [-0.1, -0.05) is 0 Å². The molecule has 2 atom stereocenters. The van der Waals surface area contributed by atoms with E-state index in [2.05, 4.69) is 0 Å². The molecule has 0 aromatic carbocycles. The third-order valence-electron chi connectivity index (χ3n) is 3.86. The van der Waals surface area contributed by atoms with Gasteiger partial charge >= 0.3 is 17.1 Å². The van der Waals surface area contributed by atoms with Gasteiger partial charge in [-0.2, -0.15) is 0 Å². The van der Waals surface area contributed by atoms with Crippen LogP contribution in [0.5, 0.6) is 0 Å². The first kappa shape index (κ1) is 15.2. The number of ether oxygens (including phenoxy) is 2. The molecule has 1 N–H and O–H groups in total. The van der Waals surface area contributed by atoms with Crippen LogP contribution in [0.1, 0.15) is 12.8 Å². The van der Waals surface area contributed by atoms with E-state index in [0.717, 1.165) is 13.7 Å². The van der Waals surface area contributed by atoms with Gasteiger partial charge in [0.1, 0.15) is 0 Å². The van der Waals surface area contributed by atoms with Gasteiger partial charge < -0.3 is 14.6 Å². The molecule has 9 heteroatoms. The molecule has 2 fully saturated rings. The number of hydrogen-bond donors (Lipinski definition) is 1. The van der Waals surface area contributed by atoms with Crippen LogP contribution in [-0.4, -0.2) is 50.8 Å². The molecular weight excluding hydrogens is 294 g/mol. The minimum atomic E-state index is -0.677. The standard InChI is InChI=1S/C13H19N3O6/c17-6-5-16-12(19)14(3-1-9-7-21-9)11(18)15(13(16)20)4-2-10-8-22-10/h9-10,17H,1-8H2. The van der Waals surface area contributed by atoms with Gasteiger partial charge in [0.25, 0.3) is 0 Å². The van der Waals surface area contributed by atoms with Crippen LogP contribution in [0.4, 0.5) is 0 Å². The summed E-state index contributed by atoms with van der Waals surface area (Å²) in [5.74, 6) is 0. The van der Waals surface area contributed by atoms with E-state index in [9.17, 15) is 14.4 Å². The van der Waals surface area contributed by atoms with Gasteiger partial charge in [-0.3, -0.25) is 0 Å². The molecule has 0 spiro atoms. The van der Waals surface area contributed by atoms with Crippen molar-refractivity contribution in [3.8, 4) is 0 Å². The first-order valence-electron chi connectivity index (χ1n) is 7.40. The van der Waals surface area contributed by atoms with Crippen LogP contribution in [0.3, 0.4) is 0 Å². The van der Waals surface area contributed by atoms with E-state index >= 15 is 0 Å². The number of aromatic nitrogens is 3. The fourth-order valence-electron chi connectivity index (χ4n) is 2.37. The van der Waals surface area contributed by atoms with Crippen LogP contribution < -0.4 is 17.1 Å². The average Bonchev–Trinajstić information content (AvgIpc) is 3.36. The lowest BCUT2D eigenvalue weighted by Gasteiger charge is -2.12. The quantitative estimate of drug-likeness (QED) is 0.542. The molecule has 2 aliphatic heterocycles. The summed E-state index contributed by atoms with van der Waals surface area (Å²) in [6, 6.07) is 0. The molecule has 9 nitrogen and oxygen atoms in total. The Bertz CT molecular complexity index is 656. The zero-order chi connectivity index (χ0) is 15.7. The smallest absolute Gasteiger partial charge is 0.336 e. The van der Waals surface area contributed by atoms with Gasteiger partial charge in [-0.05, 0) is 12.8 Å².